The van der Waals surface area contributed by atoms with E-state index in [1.807, 2.05) is 13.0 Å². The minimum atomic E-state index is -0.371. The lowest BCUT2D eigenvalue weighted by molar-refractivity contribution is -0.118. The summed E-state index contributed by atoms with van der Waals surface area (Å²) in [5.41, 5.74) is 9.50. The summed E-state index contributed by atoms with van der Waals surface area (Å²) in [7, 11) is 0. The smallest absolute Gasteiger partial charge is 0.253 e. The molecule has 0 saturated carbocycles. The van der Waals surface area contributed by atoms with Gasteiger partial charge in [0.25, 0.3) is 5.91 Å². The summed E-state index contributed by atoms with van der Waals surface area (Å²) >= 11 is 0. The van der Waals surface area contributed by atoms with E-state index >= 15 is 0 Å². The van der Waals surface area contributed by atoms with Crippen molar-refractivity contribution in [2.24, 2.45) is 11.6 Å². The quantitative estimate of drug-likeness (QED) is 0.330. The van der Waals surface area contributed by atoms with Crippen molar-refractivity contribution < 1.29 is 9.59 Å². The van der Waals surface area contributed by atoms with Crippen LogP contribution in [0.15, 0.2) is 18.2 Å². The lowest BCUT2D eigenvalue weighted by Crippen LogP contribution is -2.27. The van der Waals surface area contributed by atoms with Crippen molar-refractivity contribution in [3.05, 3.63) is 29.3 Å². The molecule has 0 unspecified atom stereocenters. The molecule has 98 valence electrons. The van der Waals surface area contributed by atoms with Crippen LogP contribution in [0, 0.1) is 6.92 Å². The molecule has 0 aliphatic rings. The highest BCUT2D eigenvalue weighted by Crippen LogP contribution is 2.15. The maximum Gasteiger partial charge on any atom is 0.253 e. The maximum absolute atomic E-state index is 11.9. The number of anilines is 1. The first-order valence-corrected chi connectivity index (χ1v) is 5.68. The van der Waals surface area contributed by atoms with Crippen molar-refractivity contribution in [3.8, 4) is 0 Å². The van der Waals surface area contributed by atoms with Gasteiger partial charge in [0.2, 0.25) is 5.91 Å². The van der Waals surface area contributed by atoms with Gasteiger partial charge in [-0.25, -0.2) is 0 Å². The van der Waals surface area contributed by atoms with Crippen molar-refractivity contribution in [3.63, 3.8) is 0 Å². The molecule has 2 amide bonds. The first-order valence-electron chi connectivity index (χ1n) is 5.68. The molecule has 0 aliphatic carbocycles. The number of rotatable bonds is 6. The Morgan fingerprint density at radius 3 is 2.67 bits per heavy atom. The highest BCUT2D eigenvalue weighted by atomic mass is 16.2. The standard InChI is InChI=1S/C12H18N4O2/c1-8-4-5-10(16-14)9(7-8)12(18)15-6-2-3-11(13)17/h4-5,7,16H,2-3,6,14H2,1H3,(H2,13,17)(H,15,18). The normalized spacial score (nSPS) is 9.89. The highest BCUT2D eigenvalue weighted by molar-refractivity contribution is 5.99. The summed E-state index contributed by atoms with van der Waals surface area (Å²) in [6, 6.07) is 5.35. The second-order valence-electron chi connectivity index (χ2n) is 4.02. The average molecular weight is 250 g/mol. The third-order valence-corrected chi connectivity index (χ3v) is 2.46. The summed E-state index contributed by atoms with van der Waals surface area (Å²) in [5.74, 6) is 4.74. The molecule has 0 atom stereocenters. The van der Waals surface area contributed by atoms with E-state index in [9.17, 15) is 9.59 Å². The number of nitrogen functional groups attached to an aromatic ring is 1. The largest absolute Gasteiger partial charge is 0.370 e. The van der Waals surface area contributed by atoms with E-state index < -0.39 is 0 Å². The Labute approximate surface area is 106 Å². The van der Waals surface area contributed by atoms with E-state index in [0.29, 0.717) is 24.2 Å². The van der Waals surface area contributed by atoms with Crippen molar-refractivity contribution >= 4 is 17.5 Å². The van der Waals surface area contributed by atoms with Gasteiger partial charge in [0.1, 0.15) is 0 Å². The number of benzene rings is 1. The zero-order chi connectivity index (χ0) is 13.5. The van der Waals surface area contributed by atoms with E-state index in [2.05, 4.69) is 10.7 Å². The molecular weight excluding hydrogens is 232 g/mol. The maximum atomic E-state index is 11.9. The molecule has 0 spiro atoms. The average Bonchev–Trinajstić information content (AvgIpc) is 2.34. The van der Waals surface area contributed by atoms with Crippen LogP contribution in [-0.4, -0.2) is 18.4 Å². The Balaban J connectivity index is 2.60. The number of nitrogens with one attached hydrogen (secondary N) is 2. The second-order valence-corrected chi connectivity index (χ2v) is 4.02. The molecule has 1 aromatic rings. The first-order chi connectivity index (χ1) is 8.54. The van der Waals surface area contributed by atoms with Crippen LogP contribution in [0.25, 0.3) is 0 Å². The van der Waals surface area contributed by atoms with Crippen molar-refractivity contribution in [2.75, 3.05) is 12.0 Å². The van der Waals surface area contributed by atoms with Crippen LogP contribution in [-0.2, 0) is 4.79 Å². The lowest BCUT2D eigenvalue weighted by Gasteiger charge is -2.10. The van der Waals surface area contributed by atoms with Crippen LogP contribution in [0.2, 0.25) is 0 Å². The summed E-state index contributed by atoms with van der Waals surface area (Å²) in [5, 5.41) is 2.71. The number of hydrazine groups is 1. The van der Waals surface area contributed by atoms with Crippen LogP contribution in [0.5, 0.6) is 0 Å². The Morgan fingerprint density at radius 2 is 2.06 bits per heavy atom. The fourth-order valence-corrected chi connectivity index (χ4v) is 1.53. The predicted molar refractivity (Wildman–Crippen MR) is 69.8 cm³/mol. The van der Waals surface area contributed by atoms with Crippen molar-refractivity contribution in [1.29, 1.82) is 0 Å². The van der Waals surface area contributed by atoms with Gasteiger partial charge in [-0.1, -0.05) is 11.6 Å². The fraction of sp³-hybridized carbons (Fsp3) is 0.333. The number of carbonyl (C=O) groups is 2. The number of nitrogens with two attached hydrogens (primary N) is 2. The van der Waals surface area contributed by atoms with Gasteiger partial charge in [-0.15, -0.1) is 0 Å². The van der Waals surface area contributed by atoms with E-state index in [1.54, 1.807) is 12.1 Å². The van der Waals surface area contributed by atoms with E-state index in [0.717, 1.165) is 5.56 Å². The molecule has 6 heteroatoms. The first kappa shape index (κ1) is 14.0. The van der Waals surface area contributed by atoms with Gasteiger partial charge in [-0.3, -0.25) is 15.4 Å². The molecule has 6 nitrogen and oxygen atoms in total. The SMILES string of the molecule is Cc1ccc(NN)c(C(=O)NCCCC(N)=O)c1. The van der Waals surface area contributed by atoms with Gasteiger partial charge in [0.15, 0.2) is 0 Å². The highest BCUT2D eigenvalue weighted by Gasteiger charge is 2.10. The van der Waals surface area contributed by atoms with E-state index in [-0.39, 0.29) is 18.2 Å². The van der Waals surface area contributed by atoms with Gasteiger partial charge >= 0.3 is 0 Å². The molecule has 6 N–H and O–H groups in total. The number of aryl methyl sites for hydroxylation is 1. The van der Waals surface area contributed by atoms with Gasteiger partial charge in [-0.05, 0) is 25.5 Å². The third kappa shape index (κ3) is 4.06. The Hall–Kier alpha value is -2.08. The number of hydrogen-bond donors (Lipinski definition) is 4. The van der Waals surface area contributed by atoms with E-state index in [4.69, 9.17) is 11.6 Å². The number of primary amides is 1. The molecule has 1 aromatic carbocycles. The minimum Gasteiger partial charge on any atom is -0.370 e. The summed E-state index contributed by atoms with van der Waals surface area (Å²) in [4.78, 5) is 22.4. The Morgan fingerprint density at radius 1 is 1.33 bits per heavy atom. The van der Waals surface area contributed by atoms with Gasteiger partial charge in [0.05, 0.1) is 11.3 Å². The Bertz CT molecular complexity index is 446. The van der Waals surface area contributed by atoms with Crippen molar-refractivity contribution in [2.45, 2.75) is 19.8 Å². The van der Waals surface area contributed by atoms with Gasteiger partial charge in [-0.2, -0.15) is 0 Å². The molecule has 0 heterocycles. The van der Waals surface area contributed by atoms with E-state index in [1.165, 1.54) is 0 Å². The summed E-state index contributed by atoms with van der Waals surface area (Å²) in [6.07, 6.45) is 0.786. The van der Waals surface area contributed by atoms with Crippen LogP contribution in [0.3, 0.4) is 0 Å². The molecule has 0 aromatic heterocycles. The minimum absolute atomic E-state index is 0.226. The predicted octanol–water partition coefficient (Wildman–Crippen LogP) is 0.276. The van der Waals surface area contributed by atoms with Crippen LogP contribution in [0.1, 0.15) is 28.8 Å². The van der Waals surface area contributed by atoms with Gasteiger partial charge < -0.3 is 16.5 Å². The molecule has 0 saturated heterocycles. The number of amides is 2. The monoisotopic (exact) mass is 250 g/mol. The van der Waals surface area contributed by atoms with Gasteiger partial charge in [0, 0.05) is 13.0 Å². The summed E-state index contributed by atoms with van der Waals surface area (Å²) in [6.45, 7) is 2.30. The lowest BCUT2D eigenvalue weighted by atomic mass is 10.1. The fourth-order valence-electron chi connectivity index (χ4n) is 1.53. The zero-order valence-corrected chi connectivity index (χ0v) is 10.3. The zero-order valence-electron chi connectivity index (χ0n) is 10.3. The second kappa shape index (κ2) is 6.61. The molecule has 0 radical (unpaired) electrons. The molecular formula is C12H18N4O2. The number of carbonyl (C=O) groups excluding carboxylic acids is 2. The molecule has 0 aliphatic heterocycles. The molecule has 0 bridgehead atoms. The van der Waals surface area contributed by atoms with Crippen molar-refractivity contribution in [1.82, 2.24) is 5.32 Å². The van der Waals surface area contributed by atoms with Crippen LogP contribution >= 0.6 is 0 Å². The topological polar surface area (TPSA) is 110 Å². The Kier molecular flexibility index (Phi) is 5.13. The van der Waals surface area contributed by atoms with Crippen LogP contribution in [0.4, 0.5) is 5.69 Å². The molecule has 0 fully saturated rings. The number of hydrogen-bond acceptors (Lipinski definition) is 4. The molecule has 1 rings (SSSR count). The van der Waals surface area contributed by atoms with Crippen LogP contribution < -0.4 is 22.3 Å². The summed E-state index contributed by atoms with van der Waals surface area (Å²) < 4.78 is 0. The molecule has 18 heavy (non-hydrogen) atoms. The third-order valence-electron chi connectivity index (χ3n) is 2.46.